The van der Waals surface area contributed by atoms with Crippen molar-refractivity contribution >= 4 is 22.4 Å². The molecule has 0 aliphatic rings. The number of rotatable bonds is 4. The van der Waals surface area contributed by atoms with Crippen LogP contribution in [0.4, 0.5) is 5.13 Å². The molecule has 1 aromatic heterocycles. The number of hydrogen-bond donors (Lipinski definition) is 0. The average Bonchev–Trinajstić information content (AvgIpc) is 2.77. The molecule has 5 heteroatoms. The summed E-state index contributed by atoms with van der Waals surface area (Å²) in [7, 11) is 1.72. The number of aryl methyl sites for hydroxylation is 3. The quantitative estimate of drug-likeness (QED) is 0.869. The first-order valence-electron chi connectivity index (χ1n) is 6.37. The standard InChI is InChI=1S/C15H18N2O2S/c1-10-5-7-13(8-6-10)19-9-14(18)17(4)15-16-11(2)12(3)20-15/h5-8H,9H2,1-4H3. The van der Waals surface area contributed by atoms with Gasteiger partial charge in [-0.1, -0.05) is 17.7 Å². The summed E-state index contributed by atoms with van der Waals surface area (Å²) >= 11 is 1.51. The van der Waals surface area contributed by atoms with Crippen molar-refractivity contribution in [3.05, 3.63) is 40.4 Å². The van der Waals surface area contributed by atoms with Crippen LogP contribution in [0, 0.1) is 20.8 Å². The van der Waals surface area contributed by atoms with E-state index in [1.165, 1.54) is 11.3 Å². The van der Waals surface area contributed by atoms with Crippen molar-refractivity contribution in [2.24, 2.45) is 0 Å². The van der Waals surface area contributed by atoms with Gasteiger partial charge >= 0.3 is 0 Å². The molecule has 20 heavy (non-hydrogen) atoms. The summed E-state index contributed by atoms with van der Waals surface area (Å²) in [5.41, 5.74) is 2.12. The lowest BCUT2D eigenvalue weighted by molar-refractivity contribution is -0.120. The zero-order valence-electron chi connectivity index (χ0n) is 12.1. The molecule has 106 valence electrons. The maximum Gasteiger partial charge on any atom is 0.266 e. The van der Waals surface area contributed by atoms with Crippen molar-refractivity contribution in [3.63, 3.8) is 0 Å². The first-order valence-corrected chi connectivity index (χ1v) is 7.19. The predicted molar refractivity (Wildman–Crippen MR) is 81.7 cm³/mol. The van der Waals surface area contributed by atoms with E-state index in [0.29, 0.717) is 10.9 Å². The summed E-state index contributed by atoms with van der Waals surface area (Å²) in [6.07, 6.45) is 0. The number of ether oxygens (including phenoxy) is 1. The van der Waals surface area contributed by atoms with E-state index < -0.39 is 0 Å². The Morgan fingerprint density at radius 2 is 1.90 bits per heavy atom. The number of nitrogens with zero attached hydrogens (tertiary/aromatic N) is 2. The van der Waals surface area contributed by atoms with E-state index in [1.54, 1.807) is 11.9 Å². The van der Waals surface area contributed by atoms with Crippen LogP contribution in [0.5, 0.6) is 5.75 Å². The summed E-state index contributed by atoms with van der Waals surface area (Å²) in [5, 5.41) is 0.706. The van der Waals surface area contributed by atoms with E-state index in [1.807, 2.05) is 45.0 Å². The Kier molecular flexibility index (Phi) is 4.39. The highest BCUT2D eigenvalue weighted by Gasteiger charge is 2.16. The molecule has 0 aliphatic carbocycles. The van der Waals surface area contributed by atoms with Crippen LogP contribution in [-0.2, 0) is 4.79 Å². The molecule has 0 fully saturated rings. The number of carbonyl (C=O) groups excluding carboxylic acids is 1. The van der Waals surface area contributed by atoms with Gasteiger partial charge in [-0.25, -0.2) is 4.98 Å². The largest absolute Gasteiger partial charge is 0.484 e. The molecule has 0 unspecified atom stereocenters. The van der Waals surface area contributed by atoms with Crippen molar-refractivity contribution in [2.45, 2.75) is 20.8 Å². The minimum atomic E-state index is -0.112. The molecule has 0 spiro atoms. The van der Waals surface area contributed by atoms with Gasteiger partial charge < -0.3 is 4.74 Å². The summed E-state index contributed by atoms with van der Waals surface area (Å²) in [6, 6.07) is 7.63. The maximum atomic E-state index is 12.1. The Morgan fingerprint density at radius 1 is 1.25 bits per heavy atom. The molecule has 0 saturated carbocycles. The third-order valence-corrected chi connectivity index (χ3v) is 4.21. The lowest BCUT2D eigenvalue weighted by Crippen LogP contribution is -2.31. The van der Waals surface area contributed by atoms with Gasteiger partial charge in [0.25, 0.3) is 5.91 Å². The maximum absolute atomic E-state index is 12.1. The lowest BCUT2D eigenvalue weighted by Gasteiger charge is -2.14. The first-order chi connectivity index (χ1) is 9.47. The van der Waals surface area contributed by atoms with Gasteiger partial charge in [0, 0.05) is 11.9 Å². The Bertz CT molecular complexity index is 585. The molecule has 0 aliphatic heterocycles. The third kappa shape index (κ3) is 3.36. The molecule has 0 N–H and O–H groups in total. The number of benzene rings is 1. The van der Waals surface area contributed by atoms with Crippen LogP contribution in [0.2, 0.25) is 0 Å². The number of hydrogen-bond acceptors (Lipinski definition) is 4. The van der Waals surface area contributed by atoms with E-state index in [2.05, 4.69) is 4.98 Å². The van der Waals surface area contributed by atoms with E-state index in [4.69, 9.17) is 4.74 Å². The number of aromatic nitrogens is 1. The number of likely N-dealkylation sites (N-methyl/N-ethyl adjacent to an activating group) is 1. The molecule has 0 saturated heterocycles. The topological polar surface area (TPSA) is 42.4 Å². The van der Waals surface area contributed by atoms with E-state index in [-0.39, 0.29) is 12.5 Å². The van der Waals surface area contributed by atoms with E-state index >= 15 is 0 Å². The second-order valence-corrected chi connectivity index (χ2v) is 5.87. The molecule has 4 nitrogen and oxygen atoms in total. The Labute approximate surface area is 123 Å². The fraction of sp³-hybridized carbons (Fsp3) is 0.333. The molecule has 1 heterocycles. The summed E-state index contributed by atoms with van der Waals surface area (Å²) < 4.78 is 5.49. The molecular weight excluding hydrogens is 272 g/mol. The zero-order chi connectivity index (χ0) is 14.7. The van der Waals surface area contributed by atoms with Gasteiger partial charge in [0.15, 0.2) is 11.7 Å². The minimum absolute atomic E-state index is 0.0111. The molecular formula is C15H18N2O2S. The highest BCUT2D eigenvalue weighted by atomic mass is 32.1. The SMILES string of the molecule is Cc1ccc(OCC(=O)N(C)c2nc(C)c(C)s2)cc1. The van der Waals surface area contributed by atoms with Gasteiger partial charge in [0.1, 0.15) is 5.75 Å². The highest BCUT2D eigenvalue weighted by Crippen LogP contribution is 2.24. The van der Waals surface area contributed by atoms with Crippen molar-refractivity contribution in [3.8, 4) is 5.75 Å². The molecule has 0 bridgehead atoms. The normalized spacial score (nSPS) is 10.4. The van der Waals surface area contributed by atoms with Crippen molar-refractivity contribution < 1.29 is 9.53 Å². The third-order valence-electron chi connectivity index (χ3n) is 3.06. The molecule has 1 amide bonds. The monoisotopic (exact) mass is 290 g/mol. The van der Waals surface area contributed by atoms with Crippen LogP contribution in [0.3, 0.4) is 0 Å². The van der Waals surface area contributed by atoms with Gasteiger partial charge in [-0.05, 0) is 32.9 Å². The first kappa shape index (κ1) is 14.5. The summed E-state index contributed by atoms with van der Waals surface area (Å²) in [5.74, 6) is 0.586. The van der Waals surface area contributed by atoms with E-state index in [9.17, 15) is 4.79 Å². The predicted octanol–water partition coefficient (Wildman–Crippen LogP) is 3.11. The summed E-state index contributed by atoms with van der Waals surface area (Å²) in [6.45, 7) is 5.96. The average molecular weight is 290 g/mol. The van der Waals surface area contributed by atoms with Crippen LogP contribution in [0.25, 0.3) is 0 Å². The second kappa shape index (κ2) is 6.05. The van der Waals surface area contributed by atoms with Crippen LogP contribution in [-0.4, -0.2) is 24.5 Å². The zero-order valence-corrected chi connectivity index (χ0v) is 13.0. The minimum Gasteiger partial charge on any atom is -0.484 e. The van der Waals surface area contributed by atoms with Crippen LogP contribution in [0.15, 0.2) is 24.3 Å². The van der Waals surface area contributed by atoms with Crippen LogP contribution in [0.1, 0.15) is 16.1 Å². The Morgan fingerprint density at radius 3 is 2.45 bits per heavy atom. The Hall–Kier alpha value is -1.88. The van der Waals surface area contributed by atoms with Gasteiger partial charge in [0.2, 0.25) is 0 Å². The lowest BCUT2D eigenvalue weighted by atomic mass is 10.2. The number of anilines is 1. The van der Waals surface area contributed by atoms with Gasteiger partial charge in [-0.3, -0.25) is 9.69 Å². The van der Waals surface area contributed by atoms with E-state index in [0.717, 1.165) is 16.1 Å². The second-order valence-electron chi connectivity index (χ2n) is 4.69. The molecule has 2 aromatic rings. The fourth-order valence-corrected chi connectivity index (χ4v) is 2.47. The fourth-order valence-electron chi connectivity index (χ4n) is 1.58. The van der Waals surface area contributed by atoms with Crippen molar-refractivity contribution in [1.29, 1.82) is 0 Å². The van der Waals surface area contributed by atoms with Gasteiger partial charge in [0.05, 0.1) is 5.69 Å². The van der Waals surface area contributed by atoms with Crippen LogP contribution >= 0.6 is 11.3 Å². The van der Waals surface area contributed by atoms with Crippen molar-refractivity contribution in [1.82, 2.24) is 4.98 Å². The molecule has 0 radical (unpaired) electrons. The number of amides is 1. The Balaban J connectivity index is 1.96. The molecule has 0 atom stereocenters. The number of carbonyl (C=O) groups is 1. The molecule has 1 aromatic carbocycles. The molecule has 2 rings (SSSR count). The van der Waals surface area contributed by atoms with Crippen molar-refractivity contribution in [2.75, 3.05) is 18.6 Å². The highest BCUT2D eigenvalue weighted by molar-refractivity contribution is 7.15. The van der Waals surface area contributed by atoms with Gasteiger partial charge in [-0.2, -0.15) is 0 Å². The van der Waals surface area contributed by atoms with Gasteiger partial charge in [-0.15, -0.1) is 11.3 Å². The summed E-state index contributed by atoms with van der Waals surface area (Å²) in [4.78, 5) is 19.1. The number of thiazole rings is 1. The smallest absolute Gasteiger partial charge is 0.266 e. The van der Waals surface area contributed by atoms with Crippen LogP contribution < -0.4 is 9.64 Å².